The maximum Gasteiger partial charge on any atom is 0.416 e. The fourth-order valence-corrected chi connectivity index (χ4v) is 2.68. The maximum atomic E-state index is 13.7. The first kappa shape index (κ1) is 20.3. The Morgan fingerprint density at radius 2 is 1.79 bits per heavy atom. The molecule has 1 aliphatic rings. The van der Waals surface area contributed by atoms with E-state index in [9.17, 15) is 26.7 Å². The highest BCUT2D eigenvalue weighted by Gasteiger charge is 2.30. The molecule has 0 saturated heterocycles. The summed E-state index contributed by atoms with van der Waals surface area (Å²) in [5, 5.41) is 0. The number of benzene rings is 2. The number of alkyl halides is 3. The van der Waals surface area contributed by atoms with Crippen molar-refractivity contribution in [3.8, 4) is 11.8 Å². The van der Waals surface area contributed by atoms with E-state index in [1.807, 2.05) is 0 Å². The summed E-state index contributed by atoms with van der Waals surface area (Å²) in [6.07, 6.45) is -0.686. The van der Waals surface area contributed by atoms with Crippen molar-refractivity contribution in [2.24, 2.45) is 0 Å². The molecule has 0 atom stereocenters. The largest absolute Gasteiger partial charge is 0.416 e. The lowest BCUT2D eigenvalue weighted by molar-refractivity contribution is -0.137. The van der Waals surface area contributed by atoms with Crippen molar-refractivity contribution in [1.29, 1.82) is 0 Å². The molecule has 6 heteroatoms. The lowest BCUT2D eigenvalue weighted by Gasteiger charge is -2.09. The van der Waals surface area contributed by atoms with E-state index in [1.54, 1.807) is 6.08 Å². The number of allylic oxidation sites excluding steroid dienone is 3. The molecule has 2 aromatic rings. The Balaban J connectivity index is 1.85. The minimum atomic E-state index is -4.46. The molecule has 2 aromatic carbocycles. The fraction of sp³-hybridized carbons (Fsp3) is 0.130. The number of hydrogen-bond donors (Lipinski definition) is 0. The SMILES string of the molecule is O=C1C(=C=Cc2cccc(C(F)(F)F)c2)CCC=C1C#Cc1ccc(F)cc1F. The highest BCUT2D eigenvalue weighted by molar-refractivity contribution is 6.12. The molecular weight excluding hydrogens is 387 g/mol. The second kappa shape index (κ2) is 8.30. The summed E-state index contributed by atoms with van der Waals surface area (Å²) in [6, 6.07) is 7.62. The predicted molar refractivity (Wildman–Crippen MR) is 98.5 cm³/mol. The Bertz CT molecular complexity index is 1120. The molecule has 0 aromatic heterocycles. The first-order chi connectivity index (χ1) is 13.7. The molecule has 0 heterocycles. The van der Waals surface area contributed by atoms with Gasteiger partial charge in [-0.25, -0.2) is 8.78 Å². The number of carbonyl (C=O) groups excluding carboxylic acids is 1. The zero-order valence-electron chi connectivity index (χ0n) is 14.9. The van der Waals surface area contributed by atoms with Gasteiger partial charge in [0.15, 0.2) is 0 Å². The van der Waals surface area contributed by atoms with Crippen molar-refractivity contribution in [3.63, 3.8) is 0 Å². The third-order valence-electron chi connectivity index (χ3n) is 4.15. The van der Waals surface area contributed by atoms with E-state index < -0.39 is 29.2 Å². The molecule has 0 saturated carbocycles. The predicted octanol–water partition coefficient (Wildman–Crippen LogP) is 5.86. The molecule has 0 bridgehead atoms. The van der Waals surface area contributed by atoms with Crippen LogP contribution in [-0.2, 0) is 11.0 Å². The number of Topliss-reactive ketones (excluding diaryl/α,β-unsaturated/α-hetero) is 1. The van der Waals surface area contributed by atoms with Crippen LogP contribution in [0, 0.1) is 23.5 Å². The number of carbonyl (C=O) groups is 1. The van der Waals surface area contributed by atoms with Gasteiger partial charge in [-0.2, -0.15) is 13.2 Å². The zero-order chi connectivity index (χ0) is 21.0. The zero-order valence-corrected chi connectivity index (χ0v) is 14.9. The van der Waals surface area contributed by atoms with Crippen LogP contribution in [0.5, 0.6) is 0 Å². The molecule has 3 rings (SSSR count). The van der Waals surface area contributed by atoms with Gasteiger partial charge < -0.3 is 0 Å². The summed E-state index contributed by atoms with van der Waals surface area (Å²) in [6.45, 7) is 0. The Morgan fingerprint density at radius 3 is 2.52 bits per heavy atom. The maximum absolute atomic E-state index is 13.7. The Labute approximate surface area is 163 Å². The van der Waals surface area contributed by atoms with E-state index in [-0.39, 0.29) is 22.3 Å². The van der Waals surface area contributed by atoms with Crippen molar-refractivity contribution in [3.05, 3.63) is 93.7 Å². The highest BCUT2D eigenvalue weighted by Crippen LogP contribution is 2.29. The van der Waals surface area contributed by atoms with Crippen LogP contribution in [-0.4, -0.2) is 5.78 Å². The van der Waals surface area contributed by atoms with Gasteiger partial charge in [0.2, 0.25) is 5.78 Å². The van der Waals surface area contributed by atoms with Crippen LogP contribution in [0.4, 0.5) is 22.0 Å². The van der Waals surface area contributed by atoms with Crippen LogP contribution in [0.3, 0.4) is 0 Å². The van der Waals surface area contributed by atoms with Crippen LogP contribution in [0.2, 0.25) is 0 Å². The normalized spacial score (nSPS) is 13.9. The van der Waals surface area contributed by atoms with Crippen molar-refractivity contribution in [2.75, 3.05) is 0 Å². The first-order valence-electron chi connectivity index (χ1n) is 8.59. The van der Waals surface area contributed by atoms with Gasteiger partial charge in [-0.1, -0.05) is 30.0 Å². The molecule has 0 amide bonds. The van der Waals surface area contributed by atoms with Crippen molar-refractivity contribution >= 4 is 11.9 Å². The Hall–Kier alpha value is -3.42. The highest BCUT2D eigenvalue weighted by atomic mass is 19.4. The molecule has 0 fully saturated rings. The third-order valence-corrected chi connectivity index (χ3v) is 4.15. The monoisotopic (exact) mass is 400 g/mol. The summed E-state index contributed by atoms with van der Waals surface area (Å²) in [5.74, 6) is 3.10. The topological polar surface area (TPSA) is 17.1 Å². The number of halogens is 5. The van der Waals surface area contributed by atoms with Crippen LogP contribution in [0.15, 0.2) is 65.4 Å². The Morgan fingerprint density at radius 1 is 1.00 bits per heavy atom. The number of ketones is 1. The van der Waals surface area contributed by atoms with Gasteiger partial charge in [0.05, 0.1) is 16.7 Å². The van der Waals surface area contributed by atoms with Gasteiger partial charge in [-0.05, 0) is 48.7 Å². The van der Waals surface area contributed by atoms with Crippen LogP contribution in [0.1, 0.15) is 29.5 Å². The smallest absolute Gasteiger partial charge is 0.288 e. The minimum Gasteiger partial charge on any atom is -0.288 e. The van der Waals surface area contributed by atoms with Gasteiger partial charge in [0, 0.05) is 11.6 Å². The lowest BCUT2D eigenvalue weighted by Crippen LogP contribution is -2.09. The molecule has 0 N–H and O–H groups in total. The van der Waals surface area contributed by atoms with E-state index in [2.05, 4.69) is 17.6 Å². The van der Waals surface area contributed by atoms with Crippen LogP contribution < -0.4 is 0 Å². The molecule has 0 unspecified atom stereocenters. The fourth-order valence-electron chi connectivity index (χ4n) is 2.68. The second-order valence-electron chi connectivity index (χ2n) is 6.25. The van der Waals surface area contributed by atoms with E-state index in [0.29, 0.717) is 18.9 Å². The average Bonchev–Trinajstić information content (AvgIpc) is 2.67. The van der Waals surface area contributed by atoms with Crippen molar-refractivity contribution < 1.29 is 26.7 Å². The van der Waals surface area contributed by atoms with Gasteiger partial charge in [0.25, 0.3) is 0 Å². The van der Waals surface area contributed by atoms with Gasteiger partial charge >= 0.3 is 6.18 Å². The quantitative estimate of drug-likeness (QED) is 0.254. The van der Waals surface area contributed by atoms with Crippen LogP contribution in [0.25, 0.3) is 6.08 Å². The van der Waals surface area contributed by atoms with Gasteiger partial charge in [0.1, 0.15) is 11.6 Å². The molecule has 0 radical (unpaired) electrons. The summed E-state index contributed by atoms with van der Waals surface area (Å²) >= 11 is 0. The van der Waals surface area contributed by atoms with E-state index in [1.165, 1.54) is 24.3 Å². The first-order valence-corrected chi connectivity index (χ1v) is 8.59. The molecule has 29 heavy (non-hydrogen) atoms. The average molecular weight is 400 g/mol. The van der Waals surface area contributed by atoms with Gasteiger partial charge in [-0.3, -0.25) is 4.79 Å². The van der Waals surface area contributed by atoms with Crippen molar-refractivity contribution in [2.45, 2.75) is 19.0 Å². The standard InChI is InChI=1S/C23H13F5O/c24-20-12-11-16(21(25)14-20)9-10-18-5-2-4-17(22(18)29)8-7-15-3-1-6-19(13-15)23(26,27)28/h1,3,5-7,11-14H,2,4H2. The van der Waals surface area contributed by atoms with E-state index >= 15 is 0 Å². The number of rotatable bonds is 1. The number of hydrogen-bond acceptors (Lipinski definition) is 1. The lowest BCUT2D eigenvalue weighted by atomic mass is 9.93. The summed E-state index contributed by atoms with van der Waals surface area (Å²) < 4.78 is 65.0. The Kier molecular flexibility index (Phi) is 5.81. The molecule has 0 aliphatic heterocycles. The van der Waals surface area contributed by atoms with E-state index in [4.69, 9.17) is 0 Å². The molecule has 1 nitrogen and oxygen atoms in total. The van der Waals surface area contributed by atoms with Crippen LogP contribution >= 0.6 is 0 Å². The molecular formula is C23H13F5O. The molecule has 1 aliphatic carbocycles. The van der Waals surface area contributed by atoms with Crippen molar-refractivity contribution in [1.82, 2.24) is 0 Å². The molecule has 0 spiro atoms. The summed E-state index contributed by atoms with van der Waals surface area (Å²) in [4.78, 5) is 12.5. The summed E-state index contributed by atoms with van der Waals surface area (Å²) in [7, 11) is 0. The minimum absolute atomic E-state index is 0.0456. The molecule has 146 valence electrons. The third kappa shape index (κ3) is 5.10. The second-order valence-corrected chi connectivity index (χ2v) is 6.25. The summed E-state index contributed by atoms with van der Waals surface area (Å²) in [5.41, 5.74) is 2.59. The van der Waals surface area contributed by atoms with E-state index in [0.717, 1.165) is 18.2 Å². The van der Waals surface area contributed by atoms with Gasteiger partial charge in [-0.15, -0.1) is 5.73 Å².